The van der Waals surface area contributed by atoms with Crippen molar-refractivity contribution in [3.05, 3.63) is 58.8 Å². The van der Waals surface area contributed by atoms with Crippen LogP contribution in [0.15, 0.2) is 47.1 Å². The predicted octanol–water partition coefficient (Wildman–Crippen LogP) is 4.34. The van der Waals surface area contributed by atoms with Gasteiger partial charge in [-0.2, -0.15) is 0 Å². The molecule has 2 aromatic heterocycles. The Bertz CT molecular complexity index is 809. The molecule has 0 bridgehead atoms. The predicted molar refractivity (Wildman–Crippen MR) is 91.6 cm³/mol. The highest BCUT2D eigenvalue weighted by Gasteiger charge is 2.12. The van der Waals surface area contributed by atoms with Crippen molar-refractivity contribution in [3.63, 3.8) is 0 Å². The molecule has 2 N–H and O–H groups in total. The van der Waals surface area contributed by atoms with Gasteiger partial charge in [0, 0.05) is 10.6 Å². The third kappa shape index (κ3) is 3.78. The minimum atomic E-state index is -0.233. The summed E-state index contributed by atoms with van der Waals surface area (Å²) >= 11 is 1.52. The van der Waals surface area contributed by atoms with E-state index < -0.39 is 0 Å². The van der Waals surface area contributed by atoms with Crippen molar-refractivity contribution in [2.45, 2.75) is 20.4 Å². The van der Waals surface area contributed by atoms with Gasteiger partial charge in [0.15, 0.2) is 10.8 Å². The normalized spacial score (nSPS) is 10.5. The number of rotatable bonds is 4. The zero-order valence-corrected chi connectivity index (χ0v) is 13.7. The van der Waals surface area contributed by atoms with Crippen molar-refractivity contribution >= 4 is 23.1 Å². The zero-order valence-electron chi connectivity index (χ0n) is 12.9. The molecule has 2 heterocycles. The van der Waals surface area contributed by atoms with Crippen LogP contribution in [-0.4, -0.2) is 11.0 Å². The van der Waals surface area contributed by atoms with Crippen molar-refractivity contribution in [1.82, 2.24) is 10.3 Å². The van der Waals surface area contributed by atoms with Gasteiger partial charge in [-0.3, -0.25) is 0 Å². The quantitative estimate of drug-likeness (QED) is 0.749. The van der Waals surface area contributed by atoms with Crippen LogP contribution in [0, 0.1) is 13.8 Å². The fourth-order valence-electron chi connectivity index (χ4n) is 2.16. The van der Waals surface area contributed by atoms with Gasteiger partial charge in [0.05, 0.1) is 18.5 Å². The second-order valence-corrected chi connectivity index (χ2v) is 6.27. The Morgan fingerprint density at radius 2 is 2.13 bits per heavy atom. The van der Waals surface area contributed by atoms with Crippen LogP contribution in [0.25, 0.3) is 10.8 Å². The van der Waals surface area contributed by atoms with Crippen LogP contribution < -0.4 is 10.6 Å². The summed E-state index contributed by atoms with van der Waals surface area (Å²) < 4.78 is 5.35. The molecule has 0 aliphatic rings. The Balaban J connectivity index is 1.61. The lowest BCUT2D eigenvalue weighted by molar-refractivity contribution is 0.252. The average molecular weight is 327 g/mol. The van der Waals surface area contributed by atoms with E-state index in [1.165, 1.54) is 11.3 Å². The fourth-order valence-corrected chi connectivity index (χ4v) is 3.13. The Kier molecular flexibility index (Phi) is 4.43. The number of furan rings is 1. The lowest BCUT2D eigenvalue weighted by atomic mass is 10.2. The first-order valence-electron chi connectivity index (χ1n) is 7.23. The topological polar surface area (TPSA) is 67.2 Å². The molecule has 3 aromatic rings. The number of anilines is 1. The second-order valence-electron chi connectivity index (χ2n) is 5.18. The number of thiazole rings is 1. The average Bonchev–Trinajstić information content (AvgIpc) is 3.14. The number of amides is 2. The molecule has 0 aliphatic heterocycles. The molecule has 1 aromatic carbocycles. The lowest BCUT2D eigenvalue weighted by Crippen LogP contribution is -2.28. The van der Waals surface area contributed by atoms with Crippen LogP contribution in [0.1, 0.15) is 16.1 Å². The minimum absolute atomic E-state index is 0.233. The molecular weight excluding hydrogens is 310 g/mol. The van der Waals surface area contributed by atoms with Gasteiger partial charge in [0.25, 0.3) is 0 Å². The molecule has 3 rings (SSSR count). The highest BCUT2D eigenvalue weighted by Crippen LogP contribution is 2.28. The van der Waals surface area contributed by atoms with E-state index in [4.69, 9.17) is 4.42 Å². The molecule has 0 fully saturated rings. The van der Waals surface area contributed by atoms with Gasteiger partial charge in [0.1, 0.15) is 0 Å². The lowest BCUT2D eigenvalue weighted by Gasteiger charge is -2.07. The van der Waals surface area contributed by atoms with Crippen LogP contribution >= 0.6 is 11.3 Å². The second kappa shape index (κ2) is 6.66. The van der Waals surface area contributed by atoms with Gasteiger partial charge in [-0.1, -0.05) is 12.1 Å². The maximum Gasteiger partial charge on any atom is 0.319 e. The zero-order chi connectivity index (χ0) is 16.2. The van der Waals surface area contributed by atoms with Gasteiger partial charge >= 0.3 is 6.03 Å². The Hall–Kier alpha value is -2.60. The Morgan fingerprint density at radius 1 is 1.26 bits per heavy atom. The molecule has 0 radical (unpaired) electrons. The number of carbonyl (C=O) groups is 1. The van der Waals surface area contributed by atoms with Crippen molar-refractivity contribution in [2.75, 3.05) is 5.32 Å². The molecule has 23 heavy (non-hydrogen) atoms. The summed E-state index contributed by atoms with van der Waals surface area (Å²) in [5.74, 6) is 0.744. The third-order valence-corrected chi connectivity index (χ3v) is 4.48. The number of carbonyl (C=O) groups excluding carboxylic acids is 1. The fraction of sp³-hybridized carbons (Fsp3) is 0.176. The standard InChI is InChI=1S/C17H17N3O2S/c1-11-5-3-6-13(9-11)20-17(21)18-10-15-12(2)19-16(23-15)14-7-4-8-22-14/h3-9H,10H2,1-2H3,(H2,18,20,21). The molecule has 6 heteroatoms. The van der Waals surface area contributed by atoms with Crippen LogP contribution in [-0.2, 0) is 6.54 Å². The van der Waals surface area contributed by atoms with Crippen molar-refractivity contribution in [1.29, 1.82) is 0 Å². The minimum Gasteiger partial charge on any atom is -0.462 e. The molecule has 2 amide bonds. The maximum atomic E-state index is 12.0. The first kappa shape index (κ1) is 15.3. The molecule has 0 aliphatic carbocycles. The number of hydrogen-bond donors (Lipinski definition) is 2. The smallest absolute Gasteiger partial charge is 0.319 e. The maximum absolute atomic E-state index is 12.0. The Labute approximate surface area is 138 Å². The molecule has 0 saturated carbocycles. The van der Waals surface area contributed by atoms with Gasteiger partial charge < -0.3 is 15.1 Å². The van der Waals surface area contributed by atoms with Gasteiger partial charge in [-0.15, -0.1) is 11.3 Å². The third-order valence-electron chi connectivity index (χ3n) is 3.31. The molecule has 0 saturated heterocycles. The molecule has 0 unspecified atom stereocenters. The first-order chi connectivity index (χ1) is 11.1. The van der Waals surface area contributed by atoms with E-state index in [1.807, 2.05) is 50.2 Å². The van der Waals surface area contributed by atoms with E-state index in [0.717, 1.165) is 32.6 Å². The van der Waals surface area contributed by atoms with Crippen LogP contribution in [0.5, 0.6) is 0 Å². The van der Waals surface area contributed by atoms with Gasteiger partial charge in [-0.25, -0.2) is 9.78 Å². The molecule has 5 nitrogen and oxygen atoms in total. The number of hydrogen-bond acceptors (Lipinski definition) is 4. The number of nitrogens with one attached hydrogen (secondary N) is 2. The van der Waals surface area contributed by atoms with Crippen LogP contribution in [0.2, 0.25) is 0 Å². The summed E-state index contributed by atoms with van der Waals surface area (Å²) in [6.45, 7) is 4.35. The van der Waals surface area contributed by atoms with E-state index in [-0.39, 0.29) is 6.03 Å². The number of aryl methyl sites for hydroxylation is 2. The van der Waals surface area contributed by atoms with Crippen LogP contribution in [0.3, 0.4) is 0 Å². The molecule has 0 spiro atoms. The number of urea groups is 1. The number of nitrogens with zero attached hydrogens (tertiary/aromatic N) is 1. The van der Waals surface area contributed by atoms with Crippen molar-refractivity contribution in [2.24, 2.45) is 0 Å². The summed E-state index contributed by atoms with van der Waals surface area (Å²) in [6, 6.07) is 11.2. The summed E-state index contributed by atoms with van der Waals surface area (Å²) in [4.78, 5) is 17.5. The van der Waals surface area contributed by atoms with Crippen molar-refractivity contribution in [3.8, 4) is 10.8 Å². The highest BCUT2D eigenvalue weighted by molar-refractivity contribution is 7.15. The SMILES string of the molecule is Cc1cccc(NC(=O)NCc2sc(-c3ccco3)nc2C)c1. The van der Waals surface area contributed by atoms with E-state index in [2.05, 4.69) is 15.6 Å². The summed E-state index contributed by atoms with van der Waals surface area (Å²) in [6.07, 6.45) is 1.62. The van der Waals surface area contributed by atoms with E-state index in [0.29, 0.717) is 6.54 Å². The number of aromatic nitrogens is 1. The first-order valence-corrected chi connectivity index (χ1v) is 8.05. The van der Waals surface area contributed by atoms with Crippen LogP contribution in [0.4, 0.5) is 10.5 Å². The van der Waals surface area contributed by atoms with Crippen molar-refractivity contribution < 1.29 is 9.21 Å². The molecule has 0 atom stereocenters. The highest BCUT2D eigenvalue weighted by atomic mass is 32.1. The van der Waals surface area contributed by atoms with Gasteiger partial charge in [-0.05, 0) is 43.7 Å². The van der Waals surface area contributed by atoms with Gasteiger partial charge in [0.2, 0.25) is 0 Å². The number of benzene rings is 1. The summed E-state index contributed by atoms with van der Waals surface area (Å²) in [5, 5.41) is 6.50. The summed E-state index contributed by atoms with van der Waals surface area (Å²) in [7, 11) is 0. The Morgan fingerprint density at radius 3 is 2.87 bits per heavy atom. The largest absolute Gasteiger partial charge is 0.462 e. The van der Waals surface area contributed by atoms with E-state index >= 15 is 0 Å². The van der Waals surface area contributed by atoms with E-state index in [9.17, 15) is 4.79 Å². The van der Waals surface area contributed by atoms with E-state index in [1.54, 1.807) is 6.26 Å². The monoisotopic (exact) mass is 327 g/mol. The molecule has 118 valence electrons. The summed E-state index contributed by atoms with van der Waals surface area (Å²) in [5.41, 5.74) is 2.78. The molecular formula is C17H17N3O2S.